The Kier molecular flexibility index (Phi) is 3.05. The number of anilines is 1. The van der Waals surface area contributed by atoms with E-state index in [1.807, 2.05) is 0 Å². The summed E-state index contributed by atoms with van der Waals surface area (Å²) in [5.74, 6) is -2.19. The van der Waals surface area contributed by atoms with E-state index in [1.165, 1.54) is 12.1 Å². The third-order valence-corrected chi connectivity index (χ3v) is 2.79. The minimum Gasteiger partial charge on any atom is -0.399 e. The molecule has 0 aliphatic carbocycles. The van der Waals surface area contributed by atoms with E-state index < -0.39 is 17.5 Å². The SMILES string of the molecule is Nc1ccc(F)c(-c2nnnn2-c2cc(F)cc(F)c2)c1. The lowest BCUT2D eigenvalue weighted by Gasteiger charge is -2.06. The fourth-order valence-corrected chi connectivity index (χ4v) is 1.90. The van der Waals surface area contributed by atoms with Crippen LogP contribution in [0.1, 0.15) is 0 Å². The summed E-state index contributed by atoms with van der Waals surface area (Å²) < 4.78 is 41.5. The molecule has 0 aliphatic rings. The third kappa shape index (κ3) is 2.42. The number of tetrazole rings is 1. The van der Waals surface area contributed by atoms with E-state index in [1.54, 1.807) is 0 Å². The van der Waals surface area contributed by atoms with Crippen LogP contribution in [-0.2, 0) is 0 Å². The summed E-state index contributed by atoms with van der Waals surface area (Å²) in [6.07, 6.45) is 0. The molecule has 0 bridgehead atoms. The summed E-state index contributed by atoms with van der Waals surface area (Å²) in [5, 5.41) is 10.7. The lowest BCUT2D eigenvalue weighted by Crippen LogP contribution is -2.03. The van der Waals surface area contributed by atoms with Crippen LogP contribution in [0.2, 0.25) is 0 Å². The average molecular weight is 291 g/mol. The van der Waals surface area contributed by atoms with Gasteiger partial charge in [-0.15, -0.1) is 5.10 Å². The quantitative estimate of drug-likeness (QED) is 0.736. The molecule has 3 aromatic rings. The van der Waals surface area contributed by atoms with Crippen molar-refractivity contribution in [2.45, 2.75) is 0 Å². The summed E-state index contributed by atoms with van der Waals surface area (Å²) in [7, 11) is 0. The molecule has 0 amide bonds. The Labute approximate surface area is 116 Å². The summed E-state index contributed by atoms with van der Waals surface area (Å²) in [6, 6.07) is 6.67. The van der Waals surface area contributed by atoms with Gasteiger partial charge in [0.25, 0.3) is 0 Å². The van der Waals surface area contributed by atoms with Gasteiger partial charge in [-0.3, -0.25) is 0 Å². The van der Waals surface area contributed by atoms with E-state index in [0.717, 1.165) is 22.9 Å². The zero-order valence-electron chi connectivity index (χ0n) is 10.5. The Morgan fingerprint density at radius 2 is 1.67 bits per heavy atom. The van der Waals surface area contributed by atoms with Crippen LogP contribution in [-0.4, -0.2) is 20.2 Å². The van der Waals surface area contributed by atoms with Crippen molar-refractivity contribution in [1.29, 1.82) is 0 Å². The van der Waals surface area contributed by atoms with E-state index in [2.05, 4.69) is 15.5 Å². The van der Waals surface area contributed by atoms with Crippen LogP contribution in [0.5, 0.6) is 0 Å². The second kappa shape index (κ2) is 4.89. The van der Waals surface area contributed by atoms with Gasteiger partial charge in [0.1, 0.15) is 17.5 Å². The standard InChI is InChI=1S/C13H8F3N5/c14-7-3-8(15)5-10(4-7)21-13(18-19-20-21)11-6-9(17)1-2-12(11)16/h1-6H,17H2. The van der Waals surface area contributed by atoms with Crippen LogP contribution in [0.25, 0.3) is 17.1 Å². The second-order valence-corrected chi connectivity index (χ2v) is 4.28. The van der Waals surface area contributed by atoms with Gasteiger partial charge in [0.2, 0.25) is 0 Å². The Bertz CT molecular complexity index is 795. The van der Waals surface area contributed by atoms with E-state index in [9.17, 15) is 13.2 Å². The molecule has 2 aromatic carbocycles. The van der Waals surface area contributed by atoms with Crippen LogP contribution in [0, 0.1) is 17.5 Å². The molecule has 106 valence electrons. The first-order valence-electron chi connectivity index (χ1n) is 5.85. The topological polar surface area (TPSA) is 69.6 Å². The molecule has 1 heterocycles. The summed E-state index contributed by atoms with van der Waals surface area (Å²) in [4.78, 5) is 0. The van der Waals surface area contributed by atoms with Crippen molar-refractivity contribution in [2.75, 3.05) is 5.73 Å². The number of hydrogen-bond acceptors (Lipinski definition) is 4. The van der Waals surface area contributed by atoms with Crippen LogP contribution >= 0.6 is 0 Å². The molecule has 5 nitrogen and oxygen atoms in total. The Morgan fingerprint density at radius 1 is 0.952 bits per heavy atom. The maximum atomic E-state index is 13.9. The summed E-state index contributed by atoms with van der Waals surface area (Å²) >= 11 is 0. The smallest absolute Gasteiger partial charge is 0.190 e. The minimum atomic E-state index is -0.792. The van der Waals surface area contributed by atoms with Crippen LogP contribution in [0.15, 0.2) is 36.4 Å². The van der Waals surface area contributed by atoms with Gasteiger partial charge in [-0.1, -0.05) is 0 Å². The molecule has 0 spiro atoms. The van der Waals surface area contributed by atoms with Gasteiger partial charge < -0.3 is 5.73 Å². The first-order chi connectivity index (χ1) is 10.0. The fraction of sp³-hybridized carbons (Fsp3) is 0. The van der Waals surface area contributed by atoms with Crippen LogP contribution in [0.4, 0.5) is 18.9 Å². The minimum absolute atomic E-state index is 0.00944. The molecule has 1 aromatic heterocycles. The van der Waals surface area contributed by atoms with Gasteiger partial charge in [-0.05, 0) is 40.8 Å². The first-order valence-corrected chi connectivity index (χ1v) is 5.85. The lowest BCUT2D eigenvalue weighted by atomic mass is 10.1. The normalized spacial score (nSPS) is 10.8. The van der Waals surface area contributed by atoms with Crippen LogP contribution in [0.3, 0.4) is 0 Å². The molecule has 8 heteroatoms. The molecule has 0 unspecified atom stereocenters. The van der Waals surface area contributed by atoms with Crippen molar-refractivity contribution in [3.63, 3.8) is 0 Å². The highest BCUT2D eigenvalue weighted by atomic mass is 19.1. The number of nitrogens with two attached hydrogens (primary N) is 1. The average Bonchev–Trinajstić information content (AvgIpc) is 2.89. The largest absolute Gasteiger partial charge is 0.399 e. The molecule has 0 saturated carbocycles. The maximum Gasteiger partial charge on any atom is 0.190 e. The van der Waals surface area contributed by atoms with Gasteiger partial charge in [0.15, 0.2) is 5.82 Å². The molecule has 0 atom stereocenters. The Hall–Kier alpha value is -2.90. The molecular formula is C13H8F3N5. The first kappa shape index (κ1) is 13.1. The zero-order chi connectivity index (χ0) is 15.0. The maximum absolute atomic E-state index is 13.9. The lowest BCUT2D eigenvalue weighted by molar-refractivity contribution is 0.579. The second-order valence-electron chi connectivity index (χ2n) is 4.28. The number of rotatable bonds is 2. The highest BCUT2D eigenvalue weighted by molar-refractivity contribution is 5.63. The van der Waals surface area contributed by atoms with E-state index in [0.29, 0.717) is 11.8 Å². The van der Waals surface area contributed by atoms with Crippen molar-refractivity contribution in [2.24, 2.45) is 0 Å². The molecule has 0 aliphatic heterocycles. The summed E-state index contributed by atoms with van der Waals surface area (Å²) in [5.41, 5.74) is 5.99. The zero-order valence-corrected chi connectivity index (χ0v) is 10.5. The van der Waals surface area contributed by atoms with Gasteiger partial charge in [0.05, 0.1) is 11.3 Å². The number of hydrogen-bond donors (Lipinski definition) is 1. The van der Waals surface area contributed by atoms with Crippen molar-refractivity contribution in [3.8, 4) is 17.1 Å². The molecule has 0 fully saturated rings. The fourth-order valence-electron chi connectivity index (χ4n) is 1.90. The summed E-state index contributed by atoms with van der Waals surface area (Å²) in [6.45, 7) is 0. The van der Waals surface area contributed by atoms with E-state index in [-0.39, 0.29) is 17.1 Å². The number of nitrogen functional groups attached to an aromatic ring is 1. The molecule has 0 radical (unpaired) electrons. The van der Waals surface area contributed by atoms with Crippen LogP contribution < -0.4 is 5.73 Å². The monoisotopic (exact) mass is 291 g/mol. The van der Waals surface area contributed by atoms with E-state index in [4.69, 9.17) is 5.73 Å². The van der Waals surface area contributed by atoms with Crippen molar-refractivity contribution in [3.05, 3.63) is 53.8 Å². The van der Waals surface area contributed by atoms with Crippen molar-refractivity contribution < 1.29 is 13.2 Å². The van der Waals surface area contributed by atoms with E-state index >= 15 is 0 Å². The molecule has 21 heavy (non-hydrogen) atoms. The Balaban J connectivity index is 2.19. The molecule has 2 N–H and O–H groups in total. The number of aromatic nitrogens is 4. The van der Waals surface area contributed by atoms with Gasteiger partial charge in [-0.2, -0.15) is 4.68 Å². The van der Waals surface area contributed by atoms with Crippen molar-refractivity contribution >= 4 is 5.69 Å². The van der Waals surface area contributed by atoms with Gasteiger partial charge in [0, 0.05) is 11.8 Å². The predicted octanol–water partition coefficient (Wildman–Crippen LogP) is 2.33. The van der Waals surface area contributed by atoms with Gasteiger partial charge >= 0.3 is 0 Å². The highest BCUT2D eigenvalue weighted by Gasteiger charge is 2.16. The molecule has 3 rings (SSSR count). The molecular weight excluding hydrogens is 283 g/mol. The number of halogens is 3. The Morgan fingerprint density at radius 3 is 2.38 bits per heavy atom. The number of benzene rings is 2. The van der Waals surface area contributed by atoms with Gasteiger partial charge in [-0.25, -0.2) is 13.2 Å². The molecule has 0 saturated heterocycles. The number of nitrogens with zero attached hydrogens (tertiary/aromatic N) is 4. The third-order valence-electron chi connectivity index (χ3n) is 2.79. The van der Waals surface area contributed by atoms with Crippen molar-refractivity contribution in [1.82, 2.24) is 20.2 Å². The highest BCUT2D eigenvalue weighted by Crippen LogP contribution is 2.25. The predicted molar refractivity (Wildman–Crippen MR) is 68.9 cm³/mol.